The average molecular weight is 277 g/mol. The van der Waals surface area contributed by atoms with E-state index in [0.717, 1.165) is 30.9 Å². The quantitative estimate of drug-likeness (QED) is 0.867. The highest BCUT2D eigenvalue weighted by atomic mass is 16.5. The van der Waals surface area contributed by atoms with Gasteiger partial charge in [-0.15, -0.1) is 0 Å². The molecule has 2 atom stereocenters. The maximum absolute atomic E-state index is 5.56. The minimum Gasteiger partial charge on any atom is -0.497 e. The van der Waals surface area contributed by atoms with E-state index in [-0.39, 0.29) is 12.1 Å². The van der Waals surface area contributed by atoms with Gasteiger partial charge in [-0.1, -0.05) is 6.07 Å². The number of allylic oxidation sites excluding steroid dienone is 1. The molecule has 0 aliphatic carbocycles. The van der Waals surface area contributed by atoms with E-state index in [1.165, 1.54) is 5.56 Å². The molecule has 0 aromatic heterocycles. The van der Waals surface area contributed by atoms with Crippen LogP contribution in [0.1, 0.15) is 31.4 Å². The van der Waals surface area contributed by atoms with Gasteiger partial charge in [-0.25, -0.2) is 0 Å². The summed E-state index contributed by atoms with van der Waals surface area (Å²) in [5.41, 5.74) is 1.18. The summed E-state index contributed by atoms with van der Waals surface area (Å²) in [5.74, 6) is 1.51. The van der Waals surface area contributed by atoms with E-state index in [9.17, 15) is 0 Å². The van der Waals surface area contributed by atoms with Crippen LogP contribution in [0.5, 0.6) is 11.5 Å². The van der Waals surface area contributed by atoms with Crippen LogP contribution in [-0.4, -0.2) is 26.9 Å². The number of nitrogens with one attached hydrogen (secondary N) is 1. The molecule has 0 saturated carbocycles. The zero-order valence-corrected chi connectivity index (χ0v) is 12.4. The number of methoxy groups -OCH3 is 2. The first kappa shape index (κ1) is 14.7. The van der Waals surface area contributed by atoms with Crippen molar-refractivity contribution in [1.82, 2.24) is 5.32 Å². The summed E-state index contributed by atoms with van der Waals surface area (Å²) in [6, 6.07) is 6.25. The number of ether oxygens (including phenoxy) is 3. The molecule has 4 heteroatoms. The van der Waals surface area contributed by atoms with Gasteiger partial charge in [0.2, 0.25) is 0 Å². The summed E-state index contributed by atoms with van der Waals surface area (Å²) in [6.07, 6.45) is 6.30. The first-order valence-electron chi connectivity index (χ1n) is 7.00. The van der Waals surface area contributed by atoms with Crippen molar-refractivity contribution >= 4 is 0 Å². The van der Waals surface area contributed by atoms with E-state index in [0.29, 0.717) is 0 Å². The molecular formula is C16H23NO3. The summed E-state index contributed by atoms with van der Waals surface area (Å²) in [5, 5.41) is 3.50. The van der Waals surface area contributed by atoms with Crippen LogP contribution < -0.4 is 14.8 Å². The number of rotatable bonds is 6. The second-order valence-electron chi connectivity index (χ2n) is 4.95. The highest BCUT2D eigenvalue weighted by molar-refractivity contribution is 5.43. The van der Waals surface area contributed by atoms with Gasteiger partial charge in [0.15, 0.2) is 11.5 Å². The van der Waals surface area contributed by atoms with Crippen molar-refractivity contribution < 1.29 is 14.2 Å². The summed E-state index contributed by atoms with van der Waals surface area (Å²) < 4.78 is 16.1. The second kappa shape index (κ2) is 7.20. The van der Waals surface area contributed by atoms with Gasteiger partial charge in [-0.3, -0.25) is 0 Å². The lowest BCUT2D eigenvalue weighted by Crippen LogP contribution is -2.31. The fourth-order valence-electron chi connectivity index (χ4n) is 2.28. The lowest BCUT2D eigenvalue weighted by molar-refractivity contribution is 0.120. The minimum atomic E-state index is 0.240. The zero-order chi connectivity index (χ0) is 14.4. The predicted molar refractivity (Wildman–Crippen MR) is 79.2 cm³/mol. The summed E-state index contributed by atoms with van der Waals surface area (Å²) in [6.45, 7) is 2.99. The molecule has 0 spiro atoms. The highest BCUT2D eigenvalue weighted by Crippen LogP contribution is 2.29. The van der Waals surface area contributed by atoms with Crippen LogP contribution in [0, 0.1) is 0 Å². The third-order valence-corrected chi connectivity index (χ3v) is 3.58. The Balaban J connectivity index is 1.94. The fourth-order valence-corrected chi connectivity index (χ4v) is 2.28. The molecular weight excluding hydrogens is 254 g/mol. The van der Waals surface area contributed by atoms with E-state index in [4.69, 9.17) is 14.2 Å². The Morgan fingerprint density at radius 3 is 2.75 bits per heavy atom. The maximum atomic E-state index is 5.56. The van der Waals surface area contributed by atoms with Gasteiger partial charge in [0.25, 0.3) is 0 Å². The Morgan fingerprint density at radius 2 is 2.10 bits per heavy atom. The van der Waals surface area contributed by atoms with Gasteiger partial charge < -0.3 is 19.5 Å². The largest absolute Gasteiger partial charge is 0.497 e. The molecule has 1 aliphatic heterocycles. The third-order valence-electron chi connectivity index (χ3n) is 3.58. The van der Waals surface area contributed by atoms with Crippen molar-refractivity contribution in [3.8, 4) is 11.5 Å². The molecule has 0 amide bonds. The van der Waals surface area contributed by atoms with Gasteiger partial charge in [-0.2, -0.15) is 0 Å². The average Bonchev–Trinajstić information content (AvgIpc) is 2.52. The standard InChI is InChI=1S/C16H23NO3/c1-12(17-11-14-6-4-5-9-20-14)13-7-8-15(18-2)16(10-13)19-3/h5,7-10,12,14,17H,4,6,11H2,1-3H3. The van der Waals surface area contributed by atoms with E-state index in [1.54, 1.807) is 20.5 Å². The highest BCUT2D eigenvalue weighted by Gasteiger charge is 2.14. The number of hydrogen-bond donors (Lipinski definition) is 1. The zero-order valence-electron chi connectivity index (χ0n) is 12.4. The Hall–Kier alpha value is -1.68. The van der Waals surface area contributed by atoms with Gasteiger partial charge in [0.1, 0.15) is 6.10 Å². The molecule has 1 aliphatic rings. The summed E-state index contributed by atoms with van der Waals surface area (Å²) in [4.78, 5) is 0. The molecule has 110 valence electrons. The molecule has 4 nitrogen and oxygen atoms in total. The van der Waals surface area contributed by atoms with E-state index in [2.05, 4.69) is 24.4 Å². The minimum absolute atomic E-state index is 0.240. The molecule has 1 N–H and O–H groups in total. The van der Waals surface area contributed by atoms with Crippen LogP contribution in [0.15, 0.2) is 30.5 Å². The Labute approximate surface area is 120 Å². The van der Waals surface area contributed by atoms with Crippen molar-refractivity contribution in [2.24, 2.45) is 0 Å². The molecule has 1 aromatic rings. The lowest BCUT2D eigenvalue weighted by Gasteiger charge is -2.23. The molecule has 2 rings (SSSR count). The van der Waals surface area contributed by atoms with E-state index in [1.807, 2.05) is 12.1 Å². The number of hydrogen-bond acceptors (Lipinski definition) is 4. The molecule has 0 fully saturated rings. The summed E-state index contributed by atoms with van der Waals surface area (Å²) >= 11 is 0. The first-order chi connectivity index (χ1) is 9.74. The second-order valence-corrected chi connectivity index (χ2v) is 4.95. The van der Waals surface area contributed by atoms with Crippen LogP contribution in [0.4, 0.5) is 0 Å². The van der Waals surface area contributed by atoms with Gasteiger partial charge in [-0.05, 0) is 43.5 Å². The Kier molecular flexibility index (Phi) is 5.30. The van der Waals surface area contributed by atoms with Crippen molar-refractivity contribution in [1.29, 1.82) is 0 Å². The molecule has 20 heavy (non-hydrogen) atoms. The molecule has 0 bridgehead atoms. The van der Waals surface area contributed by atoms with Crippen molar-refractivity contribution in [3.05, 3.63) is 36.1 Å². The maximum Gasteiger partial charge on any atom is 0.161 e. The topological polar surface area (TPSA) is 39.7 Å². The Bertz CT molecular complexity index is 459. The van der Waals surface area contributed by atoms with Crippen LogP contribution in [-0.2, 0) is 4.74 Å². The Morgan fingerprint density at radius 1 is 1.30 bits per heavy atom. The summed E-state index contributed by atoms with van der Waals surface area (Å²) in [7, 11) is 3.30. The van der Waals surface area contributed by atoms with Crippen LogP contribution >= 0.6 is 0 Å². The van der Waals surface area contributed by atoms with E-state index < -0.39 is 0 Å². The lowest BCUT2D eigenvalue weighted by atomic mass is 10.1. The van der Waals surface area contributed by atoms with Crippen LogP contribution in [0.25, 0.3) is 0 Å². The number of benzene rings is 1. The predicted octanol–water partition coefficient (Wildman–Crippen LogP) is 3.05. The van der Waals surface area contributed by atoms with Crippen LogP contribution in [0.3, 0.4) is 0 Å². The van der Waals surface area contributed by atoms with Gasteiger partial charge in [0.05, 0.1) is 20.5 Å². The smallest absolute Gasteiger partial charge is 0.161 e. The monoisotopic (exact) mass is 277 g/mol. The SMILES string of the molecule is COc1ccc(C(C)NCC2CCC=CO2)cc1OC. The van der Waals surface area contributed by atoms with Crippen molar-refractivity contribution in [2.75, 3.05) is 20.8 Å². The van der Waals surface area contributed by atoms with Crippen LogP contribution in [0.2, 0.25) is 0 Å². The van der Waals surface area contributed by atoms with E-state index >= 15 is 0 Å². The molecule has 0 saturated heterocycles. The van der Waals surface area contributed by atoms with Gasteiger partial charge >= 0.3 is 0 Å². The van der Waals surface area contributed by atoms with Gasteiger partial charge in [0, 0.05) is 12.6 Å². The molecule has 1 heterocycles. The van der Waals surface area contributed by atoms with Crippen molar-refractivity contribution in [3.63, 3.8) is 0 Å². The third kappa shape index (κ3) is 3.67. The first-order valence-corrected chi connectivity index (χ1v) is 7.00. The molecule has 1 aromatic carbocycles. The normalized spacial score (nSPS) is 19.2. The fraction of sp³-hybridized carbons (Fsp3) is 0.500. The van der Waals surface area contributed by atoms with Crippen molar-refractivity contribution in [2.45, 2.75) is 31.9 Å². The molecule has 2 unspecified atom stereocenters. The molecule has 0 radical (unpaired) electrons.